The fraction of sp³-hybridized carbons (Fsp3) is 0.556. The van der Waals surface area contributed by atoms with E-state index in [2.05, 4.69) is 15.5 Å². The smallest absolute Gasteiger partial charge is 0.271 e. The molecule has 0 saturated carbocycles. The highest BCUT2D eigenvalue weighted by molar-refractivity contribution is 5.96. The van der Waals surface area contributed by atoms with Crippen molar-refractivity contribution < 1.29 is 9.53 Å². The van der Waals surface area contributed by atoms with Crippen LogP contribution >= 0.6 is 0 Å². The summed E-state index contributed by atoms with van der Waals surface area (Å²) in [5.74, 6) is -0.235. The molecule has 6 heteroatoms. The van der Waals surface area contributed by atoms with E-state index in [1.165, 1.54) is 6.20 Å². The molecule has 0 fully saturated rings. The second-order valence-corrected chi connectivity index (χ2v) is 3.01. The second-order valence-electron chi connectivity index (χ2n) is 3.01. The Morgan fingerprint density at radius 3 is 3.13 bits per heavy atom. The maximum Gasteiger partial charge on any atom is 0.271 e. The molecule has 15 heavy (non-hydrogen) atoms. The first kappa shape index (κ1) is 11.5. The number of amides is 1. The van der Waals surface area contributed by atoms with E-state index in [1.807, 2.05) is 6.92 Å². The Hall–Kier alpha value is -1.56. The molecule has 0 aliphatic carbocycles. The predicted molar refractivity (Wildman–Crippen MR) is 56.4 cm³/mol. The van der Waals surface area contributed by atoms with Crippen LogP contribution in [-0.2, 0) is 4.74 Å². The van der Waals surface area contributed by atoms with Gasteiger partial charge in [0.15, 0.2) is 0 Å². The molecular weight excluding hydrogens is 196 g/mol. The summed E-state index contributed by atoms with van der Waals surface area (Å²) in [6.07, 6.45) is 2.20. The zero-order valence-electron chi connectivity index (χ0n) is 8.75. The molecule has 0 radical (unpaired) electrons. The lowest BCUT2D eigenvalue weighted by Gasteiger charge is -2.04. The van der Waals surface area contributed by atoms with E-state index in [4.69, 9.17) is 10.5 Å². The van der Waals surface area contributed by atoms with Crippen LogP contribution in [-0.4, -0.2) is 35.9 Å². The largest absolute Gasteiger partial charge is 0.396 e. The highest BCUT2D eigenvalue weighted by atomic mass is 16.5. The number of aromatic nitrogens is 2. The average molecular weight is 212 g/mol. The first-order chi connectivity index (χ1) is 7.25. The molecule has 0 spiro atoms. The van der Waals surface area contributed by atoms with Crippen molar-refractivity contribution in [3.05, 3.63) is 11.9 Å². The highest BCUT2D eigenvalue weighted by Gasteiger charge is 2.10. The molecule has 0 bridgehead atoms. The van der Waals surface area contributed by atoms with Crippen LogP contribution in [0.4, 0.5) is 5.69 Å². The van der Waals surface area contributed by atoms with Crippen molar-refractivity contribution in [1.29, 1.82) is 0 Å². The number of nitrogen functional groups attached to an aromatic ring is 1. The van der Waals surface area contributed by atoms with Crippen molar-refractivity contribution in [1.82, 2.24) is 15.5 Å². The molecule has 1 aromatic heterocycles. The van der Waals surface area contributed by atoms with Gasteiger partial charge in [-0.25, -0.2) is 0 Å². The maximum absolute atomic E-state index is 11.5. The van der Waals surface area contributed by atoms with Crippen LogP contribution in [0.25, 0.3) is 0 Å². The number of nitrogens with one attached hydrogen (secondary N) is 2. The predicted octanol–water partition coefficient (Wildman–Crippen LogP) is 0.148. The van der Waals surface area contributed by atoms with Gasteiger partial charge in [0.25, 0.3) is 5.91 Å². The lowest BCUT2D eigenvalue weighted by atomic mass is 10.3. The Kier molecular flexibility index (Phi) is 4.62. The zero-order valence-corrected chi connectivity index (χ0v) is 8.75. The molecule has 0 saturated heterocycles. The summed E-state index contributed by atoms with van der Waals surface area (Å²) in [6.45, 7) is 3.85. The van der Waals surface area contributed by atoms with E-state index >= 15 is 0 Å². The van der Waals surface area contributed by atoms with Crippen LogP contribution < -0.4 is 11.1 Å². The second kappa shape index (κ2) is 6.02. The van der Waals surface area contributed by atoms with Gasteiger partial charge in [0.1, 0.15) is 5.69 Å². The first-order valence-electron chi connectivity index (χ1n) is 4.90. The van der Waals surface area contributed by atoms with Crippen LogP contribution in [0.5, 0.6) is 0 Å². The standard InChI is InChI=1S/C9H16N4O2/c1-2-15-5-3-4-11-9(14)8-7(10)6-12-13-8/h6H,2-5,10H2,1H3,(H,11,14)(H,12,13). The molecule has 0 aliphatic rings. The highest BCUT2D eigenvalue weighted by Crippen LogP contribution is 2.04. The van der Waals surface area contributed by atoms with Gasteiger partial charge in [0.05, 0.1) is 11.9 Å². The number of anilines is 1. The van der Waals surface area contributed by atoms with Crippen molar-refractivity contribution >= 4 is 11.6 Å². The average Bonchev–Trinajstić information content (AvgIpc) is 2.64. The van der Waals surface area contributed by atoms with Gasteiger partial charge in [0, 0.05) is 19.8 Å². The van der Waals surface area contributed by atoms with Gasteiger partial charge in [-0.15, -0.1) is 0 Å². The van der Waals surface area contributed by atoms with Gasteiger partial charge in [-0.05, 0) is 13.3 Å². The quantitative estimate of drug-likeness (QED) is 0.585. The molecule has 0 aliphatic heterocycles. The Labute approximate surface area is 88.2 Å². The number of H-pyrrole nitrogens is 1. The third kappa shape index (κ3) is 3.59. The van der Waals surface area contributed by atoms with Gasteiger partial charge in [-0.1, -0.05) is 0 Å². The zero-order chi connectivity index (χ0) is 11.1. The normalized spacial score (nSPS) is 10.2. The van der Waals surface area contributed by atoms with Gasteiger partial charge >= 0.3 is 0 Å². The Bertz CT molecular complexity index is 311. The first-order valence-corrected chi connectivity index (χ1v) is 4.90. The van der Waals surface area contributed by atoms with Crippen LogP contribution in [0.15, 0.2) is 6.20 Å². The van der Waals surface area contributed by atoms with Gasteiger partial charge in [-0.2, -0.15) is 5.10 Å². The number of carbonyl (C=O) groups is 1. The molecular formula is C9H16N4O2. The molecule has 6 nitrogen and oxygen atoms in total. The fourth-order valence-electron chi connectivity index (χ4n) is 1.09. The topological polar surface area (TPSA) is 93.0 Å². The third-order valence-electron chi connectivity index (χ3n) is 1.85. The van der Waals surface area contributed by atoms with E-state index in [0.717, 1.165) is 6.42 Å². The van der Waals surface area contributed by atoms with Crippen LogP contribution in [0.1, 0.15) is 23.8 Å². The number of nitrogens with two attached hydrogens (primary N) is 1. The molecule has 1 amide bonds. The molecule has 0 unspecified atom stereocenters. The van der Waals surface area contributed by atoms with E-state index < -0.39 is 0 Å². The Morgan fingerprint density at radius 1 is 1.73 bits per heavy atom. The molecule has 84 valence electrons. The summed E-state index contributed by atoms with van der Waals surface area (Å²) in [5, 5.41) is 8.92. The number of carbonyl (C=O) groups excluding carboxylic acids is 1. The molecule has 0 aromatic carbocycles. The summed E-state index contributed by atoms with van der Waals surface area (Å²) in [5.41, 5.74) is 6.18. The number of aromatic amines is 1. The Morgan fingerprint density at radius 2 is 2.53 bits per heavy atom. The molecule has 1 aromatic rings. The minimum absolute atomic E-state index is 0.235. The van der Waals surface area contributed by atoms with Crippen molar-refractivity contribution in [3.63, 3.8) is 0 Å². The fourth-order valence-corrected chi connectivity index (χ4v) is 1.09. The monoisotopic (exact) mass is 212 g/mol. The number of nitrogens with zero attached hydrogens (tertiary/aromatic N) is 1. The Balaban J connectivity index is 2.22. The molecule has 4 N–H and O–H groups in total. The summed E-state index contributed by atoms with van der Waals surface area (Å²) in [7, 11) is 0. The van der Waals surface area contributed by atoms with Gasteiger partial charge < -0.3 is 15.8 Å². The van der Waals surface area contributed by atoms with E-state index in [-0.39, 0.29) is 5.91 Å². The van der Waals surface area contributed by atoms with E-state index in [9.17, 15) is 4.79 Å². The summed E-state index contributed by atoms with van der Waals surface area (Å²) < 4.78 is 5.13. The summed E-state index contributed by atoms with van der Waals surface area (Å²) >= 11 is 0. The summed E-state index contributed by atoms with van der Waals surface area (Å²) in [4.78, 5) is 11.5. The number of ether oxygens (including phenoxy) is 1. The van der Waals surface area contributed by atoms with E-state index in [0.29, 0.717) is 31.1 Å². The number of hydrogen-bond acceptors (Lipinski definition) is 4. The van der Waals surface area contributed by atoms with E-state index in [1.54, 1.807) is 0 Å². The molecule has 1 rings (SSSR count). The van der Waals surface area contributed by atoms with Crippen molar-refractivity contribution in [2.45, 2.75) is 13.3 Å². The van der Waals surface area contributed by atoms with Crippen LogP contribution in [0.2, 0.25) is 0 Å². The van der Waals surface area contributed by atoms with Gasteiger partial charge in [0.2, 0.25) is 0 Å². The summed E-state index contributed by atoms with van der Waals surface area (Å²) in [6, 6.07) is 0. The lowest BCUT2D eigenvalue weighted by Crippen LogP contribution is -2.26. The van der Waals surface area contributed by atoms with Crippen LogP contribution in [0, 0.1) is 0 Å². The van der Waals surface area contributed by atoms with Crippen molar-refractivity contribution in [2.75, 3.05) is 25.5 Å². The van der Waals surface area contributed by atoms with Crippen LogP contribution in [0.3, 0.4) is 0 Å². The lowest BCUT2D eigenvalue weighted by molar-refractivity contribution is 0.0940. The minimum atomic E-state index is -0.235. The van der Waals surface area contributed by atoms with Crippen molar-refractivity contribution in [2.24, 2.45) is 0 Å². The minimum Gasteiger partial charge on any atom is -0.396 e. The SMILES string of the molecule is CCOCCCNC(=O)c1[nH]ncc1N. The molecule has 1 heterocycles. The van der Waals surface area contributed by atoms with Gasteiger partial charge in [-0.3, -0.25) is 9.89 Å². The number of rotatable bonds is 6. The number of hydrogen-bond donors (Lipinski definition) is 3. The molecule has 0 atom stereocenters. The van der Waals surface area contributed by atoms with Crippen molar-refractivity contribution in [3.8, 4) is 0 Å². The maximum atomic E-state index is 11.5. The third-order valence-corrected chi connectivity index (χ3v) is 1.85.